The molecule has 1 rings (SSSR count). The third-order valence-corrected chi connectivity index (χ3v) is 1.63. The first-order chi connectivity index (χ1) is 5.38. The number of benzene rings is 1. The van der Waals surface area contributed by atoms with Crippen LogP contribution in [0.2, 0.25) is 0 Å². The Hall–Kier alpha value is -1.02. The summed E-state index contributed by atoms with van der Waals surface area (Å²) in [5.41, 5.74) is 2.15. The van der Waals surface area contributed by atoms with E-state index in [-0.39, 0.29) is 5.48 Å². The maximum absolute atomic E-state index is 4.52. The van der Waals surface area contributed by atoms with Gasteiger partial charge in [0.2, 0.25) is 0 Å². The molecule has 0 aliphatic carbocycles. The first kappa shape index (κ1) is 11.0. The number of rotatable bonds is 2. The second kappa shape index (κ2) is 5.61. The van der Waals surface area contributed by atoms with Crippen LogP contribution >= 0.6 is 12.2 Å². The molecule has 2 nitrogen and oxygen atoms in total. The van der Waals surface area contributed by atoms with E-state index < -0.39 is 0 Å². The van der Waals surface area contributed by atoms with Crippen LogP contribution in [0, 0.1) is 0 Å². The van der Waals surface area contributed by atoms with Crippen molar-refractivity contribution in [2.24, 2.45) is 4.99 Å². The van der Waals surface area contributed by atoms with Gasteiger partial charge in [-0.15, -0.1) is 0 Å². The summed E-state index contributed by atoms with van der Waals surface area (Å²) >= 11 is 4.52. The van der Waals surface area contributed by atoms with Gasteiger partial charge in [-0.25, -0.2) is 0 Å². The molecule has 0 fully saturated rings. The zero-order valence-corrected chi connectivity index (χ0v) is 7.69. The van der Waals surface area contributed by atoms with Gasteiger partial charge in [0.25, 0.3) is 0 Å². The van der Waals surface area contributed by atoms with E-state index in [1.54, 1.807) is 0 Å². The number of hydrogen-bond donors (Lipinski definition) is 0. The second-order valence-corrected chi connectivity index (χ2v) is 2.37. The van der Waals surface area contributed by atoms with Crippen LogP contribution in [0.5, 0.6) is 0 Å². The van der Waals surface area contributed by atoms with Gasteiger partial charge in [-0.05, 0) is 30.3 Å². The summed E-state index contributed by atoms with van der Waals surface area (Å²) in [6, 6.07) is 7.94. The molecule has 0 saturated heterocycles. The van der Waals surface area contributed by atoms with Crippen molar-refractivity contribution in [2.75, 3.05) is 0 Å². The molecule has 0 heterocycles. The van der Waals surface area contributed by atoms with Crippen molar-refractivity contribution in [1.29, 1.82) is 0 Å². The predicted octanol–water partition coefficient (Wildman–Crippen LogP) is 2.16. The van der Waals surface area contributed by atoms with Crippen LogP contribution in [-0.2, 0) is 6.42 Å². The summed E-state index contributed by atoms with van der Waals surface area (Å²) < 4.78 is 0. The zero-order chi connectivity index (χ0) is 8.10. The Bertz CT molecular complexity index is 292. The molecule has 0 amide bonds. The number of aryl methyl sites for hydroxylation is 1. The topological polar surface area (TPSA) is 43.9 Å². The van der Waals surface area contributed by atoms with E-state index in [1.807, 2.05) is 24.3 Å². The van der Waals surface area contributed by atoms with Gasteiger partial charge in [-0.2, -0.15) is 4.99 Å². The summed E-state index contributed by atoms with van der Waals surface area (Å²) in [7, 11) is 0. The van der Waals surface area contributed by atoms with Crippen molar-refractivity contribution in [3.8, 4) is 0 Å². The van der Waals surface area contributed by atoms with Crippen molar-refractivity contribution < 1.29 is 5.48 Å². The van der Waals surface area contributed by atoms with Crippen molar-refractivity contribution in [3.05, 3.63) is 29.8 Å². The van der Waals surface area contributed by atoms with Gasteiger partial charge in [0.1, 0.15) is 0 Å². The number of para-hydroxylation sites is 1. The molecule has 0 atom stereocenters. The van der Waals surface area contributed by atoms with Gasteiger partial charge in [-0.3, -0.25) is 0 Å². The molecule has 64 valence electrons. The minimum Gasteiger partial charge on any atom is -0.412 e. The van der Waals surface area contributed by atoms with Crippen molar-refractivity contribution in [2.45, 2.75) is 13.3 Å². The van der Waals surface area contributed by atoms with Gasteiger partial charge >= 0.3 is 0 Å². The maximum Gasteiger partial charge on any atom is 0.0771 e. The molecule has 0 saturated carbocycles. The minimum absolute atomic E-state index is 0. The highest BCUT2D eigenvalue weighted by atomic mass is 32.1. The summed E-state index contributed by atoms with van der Waals surface area (Å²) in [5, 5.41) is 2.37. The van der Waals surface area contributed by atoms with Crippen molar-refractivity contribution >= 4 is 23.1 Å². The minimum atomic E-state index is 0. The Morgan fingerprint density at radius 2 is 2.08 bits per heavy atom. The van der Waals surface area contributed by atoms with Gasteiger partial charge in [-0.1, -0.05) is 25.1 Å². The first-order valence-corrected chi connectivity index (χ1v) is 3.95. The number of isothiocyanates is 1. The zero-order valence-electron chi connectivity index (χ0n) is 6.87. The van der Waals surface area contributed by atoms with Crippen LogP contribution in [0.4, 0.5) is 5.69 Å². The van der Waals surface area contributed by atoms with Crippen LogP contribution in [0.1, 0.15) is 12.5 Å². The lowest BCUT2D eigenvalue weighted by Gasteiger charge is -1.98. The molecule has 0 aromatic heterocycles. The van der Waals surface area contributed by atoms with E-state index in [9.17, 15) is 0 Å². The molecule has 3 heteroatoms. The Kier molecular flexibility index (Phi) is 5.13. The Morgan fingerprint density at radius 3 is 2.67 bits per heavy atom. The third-order valence-electron chi connectivity index (χ3n) is 1.54. The van der Waals surface area contributed by atoms with E-state index >= 15 is 0 Å². The average Bonchev–Trinajstić information content (AvgIpc) is 2.06. The van der Waals surface area contributed by atoms with Crippen LogP contribution in [0.25, 0.3) is 0 Å². The lowest BCUT2D eigenvalue weighted by atomic mass is 10.1. The highest BCUT2D eigenvalue weighted by Gasteiger charge is 1.94. The largest absolute Gasteiger partial charge is 0.412 e. The van der Waals surface area contributed by atoms with E-state index in [0.29, 0.717) is 0 Å². The van der Waals surface area contributed by atoms with E-state index in [2.05, 4.69) is 29.3 Å². The van der Waals surface area contributed by atoms with Gasteiger partial charge in [0, 0.05) is 0 Å². The number of aliphatic imine (C=N–C) groups is 1. The molecule has 0 aliphatic heterocycles. The molecular formula is C9H11NOS. The fraction of sp³-hybridized carbons (Fsp3) is 0.222. The maximum atomic E-state index is 4.52. The number of thiocarbonyl (C=S) groups is 1. The molecule has 0 unspecified atom stereocenters. The first-order valence-electron chi connectivity index (χ1n) is 3.54. The predicted molar refractivity (Wildman–Crippen MR) is 54.1 cm³/mol. The molecule has 12 heavy (non-hydrogen) atoms. The van der Waals surface area contributed by atoms with Crippen LogP contribution < -0.4 is 0 Å². The lowest BCUT2D eigenvalue weighted by Crippen LogP contribution is -1.78. The third kappa shape index (κ3) is 2.55. The molecule has 1 aromatic rings. The van der Waals surface area contributed by atoms with Gasteiger partial charge < -0.3 is 5.48 Å². The molecule has 0 bridgehead atoms. The molecular weight excluding hydrogens is 170 g/mol. The quantitative estimate of drug-likeness (QED) is 0.509. The van der Waals surface area contributed by atoms with E-state index in [0.717, 1.165) is 12.1 Å². The van der Waals surface area contributed by atoms with Crippen molar-refractivity contribution in [1.82, 2.24) is 0 Å². The SMILES string of the molecule is CCc1ccccc1N=C=S.O. The Labute approximate surface area is 77.3 Å². The highest BCUT2D eigenvalue weighted by Crippen LogP contribution is 2.17. The monoisotopic (exact) mass is 181 g/mol. The van der Waals surface area contributed by atoms with Gasteiger partial charge in [0.15, 0.2) is 0 Å². The lowest BCUT2D eigenvalue weighted by molar-refractivity contribution is 0.824. The molecule has 0 radical (unpaired) electrons. The van der Waals surface area contributed by atoms with E-state index in [4.69, 9.17) is 0 Å². The summed E-state index contributed by atoms with van der Waals surface area (Å²) in [4.78, 5) is 3.94. The highest BCUT2D eigenvalue weighted by molar-refractivity contribution is 7.78. The van der Waals surface area contributed by atoms with E-state index in [1.165, 1.54) is 5.56 Å². The summed E-state index contributed by atoms with van der Waals surface area (Å²) in [6.07, 6.45) is 0.983. The fourth-order valence-electron chi connectivity index (χ4n) is 0.968. The summed E-state index contributed by atoms with van der Waals surface area (Å²) in [6.45, 7) is 2.09. The standard InChI is InChI=1S/C9H9NS.H2O/c1-2-8-5-3-4-6-9(8)10-7-11;/h3-6H,2H2,1H3;1H2. The Balaban J connectivity index is 0.00000121. The normalized spacial score (nSPS) is 8.08. The number of nitrogens with zero attached hydrogens (tertiary/aromatic N) is 1. The smallest absolute Gasteiger partial charge is 0.0771 e. The summed E-state index contributed by atoms with van der Waals surface area (Å²) in [5.74, 6) is 0. The molecule has 2 N–H and O–H groups in total. The fourth-order valence-corrected chi connectivity index (χ4v) is 1.07. The average molecular weight is 181 g/mol. The van der Waals surface area contributed by atoms with Crippen LogP contribution in [0.15, 0.2) is 29.3 Å². The molecule has 0 spiro atoms. The van der Waals surface area contributed by atoms with Crippen LogP contribution in [0.3, 0.4) is 0 Å². The number of hydrogen-bond acceptors (Lipinski definition) is 2. The van der Waals surface area contributed by atoms with Crippen molar-refractivity contribution in [3.63, 3.8) is 0 Å². The van der Waals surface area contributed by atoms with Crippen LogP contribution in [-0.4, -0.2) is 10.6 Å². The Morgan fingerprint density at radius 1 is 1.42 bits per heavy atom. The molecule has 0 aliphatic rings. The molecule has 1 aromatic carbocycles. The van der Waals surface area contributed by atoms with Gasteiger partial charge in [0.05, 0.1) is 10.8 Å². The second-order valence-electron chi connectivity index (χ2n) is 2.19.